The minimum absolute atomic E-state index is 0.242. The van der Waals surface area contributed by atoms with Gasteiger partial charge in [-0.3, -0.25) is 4.79 Å². The van der Waals surface area contributed by atoms with Crippen molar-refractivity contribution in [1.82, 2.24) is 0 Å². The maximum absolute atomic E-state index is 10.6. The lowest BCUT2D eigenvalue weighted by Crippen LogP contribution is -2.36. The van der Waals surface area contributed by atoms with Crippen LogP contribution in [0, 0.1) is 0 Å². The molecule has 0 aromatic carbocycles. The van der Waals surface area contributed by atoms with Gasteiger partial charge in [0.25, 0.3) is 0 Å². The van der Waals surface area contributed by atoms with E-state index in [4.69, 9.17) is 14.2 Å². The highest BCUT2D eigenvalue weighted by Gasteiger charge is 2.42. The van der Waals surface area contributed by atoms with Crippen LogP contribution in [0.5, 0.6) is 0 Å². The zero-order chi connectivity index (χ0) is 10.1. The van der Waals surface area contributed by atoms with Gasteiger partial charge in [-0.05, 0) is 20.8 Å². The van der Waals surface area contributed by atoms with E-state index in [2.05, 4.69) is 0 Å². The highest BCUT2D eigenvalue weighted by atomic mass is 16.8. The number of hydrogen-bond donors (Lipinski definition) is 0. The first-order chi connectivity index (χ1) is 5.83. The lowest BCUT2D eigenvalue weighted by molar-refractivity contribution is -0.174. The van der Waals surface area contributed by atoms with Gasteiger partial charge in [0.05, 0.1) is 6.61 Å². The number of esters is 1. The van der Waals surface area contributed by atoms with Gasteiger partial charge in [-0.25, -0.2) is 0 Å². The average Bonchev–Trinajstić information content (AvgIpc) is 2.23. The fourth-order valence-electron chi connectivity index (χ4n) is 1.30. The van der Waals surface area contributed by atoms with Crippen LogP contribution in [0.4, 0.5) is 0 Å². The molecule has 4 nitrogen and oxygen atoms in total. The Morgan fingerprint density at radius 2 is 2.08 bits per heavy atom. The predicted octanol–water partition coefficient (Wildman–Crippen LogP) is 1.09. The first kappa shape index (κ1) is 10.5. The van der Waals surface area contributed by atoms with Crippen molar-refractivity contribution < 1.29 is 19.0 Å². The summed E-state index contributed by atoms with van der Waals surface area (Å²) in [4.78, 5) is 10.6. The van der Waals surface area contributed by atoms with Crippen LogP contribution in [-0.4, -0.2) is 30.6 Å². The van der Waals surface area contributed by atoms with Crippen molar-refractivity contribution in [3.8, 4) is 0 Å². The Balaban J connectivity index is 2.45. The average molecular weight is 188 g/mol. The molecule has 0 saturated carbocycles. The second kappa shape index (κ2) is 3.27. The molecule has 0 amide bonds. The third kappa shape index (κ3) is 2.97. The summed E-state index contributed by atoms with van der Waals surface area (Å²) in [5.74, 6) is -0.871. The molecule has 0 N–H and O–H groups in total. The molecular weight excluding hydrogens is 172 g/mol. The van der Waals surface area contributed by atoms with Crippen LogP contribution in [0.3, 0.4) is 0 Å². The Kier molecular flexibility index (Phi) is 2.63. The number of ether oxygens (including phenoxy) is 3. The summed E-state index contributed by atoms with van der Waals surface area (Å²) >= 11 is 0. The molecule has 0 aromatic rings. The molecule has 1 heterocycles. The fourth-order valence-corrected chi connectivity index (χ4v) is 1.30. The van der Waals surface area contributed by atoms with Crippen molar-refractivity contribution in [3.63, 3.8) is 0 Å². The summed E-state index contributed by atoms with van der Waals surface area (Å²) in [6, 6.07) is 0. The Labute approximate surface area is 78.2 Å². The van der Waals surface area contributed by atoms with E-state index in [1.165, 1.54) is 6.92 Å². The van der Waals surface area contributed by atoms with E-state index >= 15 is 0 Å². The van der Waals surface area contributed by atoms with Crippen LogP contribution < -0.4 is 0 Å². The van der Waals surface area contributed by atoms with E-state index in [-0.39, 0.29) is 12.6 Å². The lowest BCUT2D eigenvalue weighted by Gasteiger charge is -2.24. The third-order valence-electron chi connectivity index (χ3n) is 1.80. The minimum atomic E-state index is -0.575. The van der Waals surface area contributed by atoms with Gasteiger partial charge in [-0.1, -0.05) is 0 Å². The second-order valence-electron chi connectivity index (χ2n) is 4.02. The number of rotatable bonds is 2. The number of carbonyl (C=O) groups excluding carboxylic acids is 1. The van der Waals surface area contributed by atoms with Gasteiger partial charge in [-0.15, -0.1) is 0 Å². The molecular formula is C9H16O4. The van der Waals surface area contributed by atoms with E-state index in [0.29, 0.717) is 6.61 Å². The Bertz CT molecular complexity index is 212. The molecule has 0 bridgehead atoms. The van der Waals surface area contributed by atoms with Crippen LogP contribution >= 0.6 is 0 Å². The summed E-state index contributed by atoms with van der Waals surface area (Å²) in [6.45, 7) is 7.62. The van der Waals surface area contributed by atoms with Crippen molar-refractivity contribution in [2.45, 2.75) is 39.1 Å². The molecule has 0 radical (unpaired) electrons. The Morgan fingerprint density at radius 3 is 2.46 bits per heavy atom. The fraction of sp³-hybridized carbons (Fsp3) is 0.889. The van der Waals surface area contributed by atoms with Crippen LogP contribution in [0.2, 0.25) is 0 Å². The standard InChI is InChI=1S/C9H16O4/c1-7(10)11-5-9(4)6-12-8(2,3)13-9/h5-6H2,1-4H3/t9-/m1/s1. The smallest absolute Gasteiger partial charge is 0.302 e. The summed E-state index contributed by atoms with van der Waals surface area (Å²) < 4.78 is 15.8. The van der Waals surface area contributed by atoms with Crippen molar-refractivity contribution in [3.05, 3.63) is 0 Å². The van der Waals surface area contributed by atoms with Gasteiger partial charge in [-0.2, -0.15) is 0 Å². The molecule has 1 aliphatic rings. The van der Waals surface area contributed by atoms with Gasteiger partial charge in [0.15, 0.2) is 5.79 Å². The van der Waals surface area contributed by atoms with Gasteiger partial charge >= 0.3 is 5.97 Å². The highest BCUT2D eigenvalue weighted by molar-refractivity contribution is 5.65. The van der Waals surface area contributed by atoms with Crippen LogP contribution in [0.1, 0.15) is 27.7 Å². The second-order valence-corrected chi connectivity index (χ2v) is 4.02. The molecule has 1 fully saturated rings. The molecule has 0 unspecified atom stereocenters. The molecule has 0 aliphatic carbocycles. The van der Waals surface area contributed by atoms with E-state index < -0.39 is 11.4 Å². The molecule has 13 heavy (non-hydrogen) atoms. The molecule has 1 aliphatic heterocycles. The highest BCUT2D eigenvalue weighted by Crippen LogP contribution is 2.30. The molecule has 1 saturated heterocycles. The predicted molar refractivity (Wildman–Crippen MR) is 46.2 cm³/mol. The Morgan fingerprint density at radius 1 is 1.46 bits per heavy atom. The molecule has 4 heteroatoms. The topological polar surface area (TPSA) is 44.8 Å². The van der Waals surface area contributed by atoms with Gasteiger partial charge < -0.3 is 14.2 Å². The van der Waals surface area contributed by atoms with Gasteiger partial charge in [0.2, 0.25) is 0 Å². The van der Waals surface area contributed by atoms with Crippen LogP contribution in [-0.2, 0) is 19.0 Å². The maximum Gasteiger partial charge on any atom is 0.302 e. The number of hydrogen-bond acceptors (Lipinski definition) is 4. The molecule has 1 atom stereocenters. The largest absolute Gasteiger partial charge is 0.463 e. The van der Waals surface area contributed by atoms with E-state index in [0.717, 1.165) is 0 Å². The van der Waals surface area contributed by atoms with Gasteiger partial charge in [0.1, 0.15) is 12.2 Å². The monoisotopic (exact) mass is 188 g/mol. The van der Waals surface area contributed by atoms with Crippen molar-refractivity contribution in [2.24, 2.45) is 0 Å². The van der Waals surface area contributed by atoms with Crippen molar-refractivity contribution in [1.29, 1.82) is 0 Å². The summed E-state index contributed by atoms with van der Waals surface area (Å²) in [5.41, 5.74) is -0.505. The van der Waals surface area contributed by atoms with Crippen molar-refractivity contribution >= 4 is 5.97 Å². The summed E-state index contributed by atoms with van der Waals surface area (Å²) in [6.07, 6.45) is 0. The van der Waals surface area contributed by atoms with E-state index in [1.807, 2.05) is 20.8 Å². The summed E-state index contributed by atoms with van der Waals surface area (Å²) in [5, 5.41) is 0. The SMILES string of the molecule is CC(=O)OC[C@]1(C)COC(C)(C)O1. The molecule has 0 aromatic heterocycles. The maximum atomic E-state index is 10.6. The third-order valence-corrected chi connectivity index (χ3v) is 1.80. The number of carbonyl (C=O) groups is 1. The zero-order valence-electron chi connectivity index (χ0n) is 8.55. The first-order valence-electron chi connectivity index (χ1n) is 4.31. The lowest BCUT2D eigenvalue weighted by atomic mass is 10.1. The zero-order valence-corrected chi connectivity index (χ0v) is 8.55. The normalized spacial score (nSPS) is 31.7. The van der Waals surface area contributed by atoms with Crippen LogP contribution in [0.25, 0.3) is 0 Å². The minimum Gasteiger partial charge on any atom is -0.463 e. The Hall–Kier alpha value is -0.610. The van der Waals surface area contributed by atoms with Gasteiger partial charge in [0, 0.05) is 6.92 Å². The summed E-state index contributed by atoms with van der Waals surface area (Å²) in [7, 11) is 0. The van der Waals surface area contributed by atoms with E-state index in [1.54, 1.807) is 0 Å². The first-order valence-corrected chi connectivity index (χ1v) is 4.31. The molecule has 1 rings (SSSR count). The van der Waals surface area contributed by atoms with E-state index in [9.17, 15) is 4.79 Å². The quantitative estimate of drug-likeness (QED) is 0.608. The van der Waals surface area contributed by atoms with Crippen LogP contribution in [0.15, 0.2) is 0 Å². The molecule has 0 spiro atoms. The molecule has 76 valence electrons. The van der Waals surface area contributed by atoms with Crippen molar-refractivity contribution in [2.75, 3.05) is 13.2 Å².